The number of hydrogen-bond acceptors (Lipinski definition) is 4. The van der Waals surface area contributed by atoms with Crippen LogP contribution in [0.2, 0.25) is 0 Å². The molecule has 6 nitrogen and oxygen atoms in total. The van der Waals surface area contributed by atoms with Crippen LogP contribution < -0.4 is 10.6 Å². The lowest BCUT2D eigenvalue weighted by atomic mass is 9.84. The van der Waals surface area contributed by atoms with Gasteiger partial charge in [-0.3, -0.25) is 9.59 Å². The van der Waals surface area contributed by atoms with Crippen LogP contribution in [0, 0.1) is 5.92 Å². The van der Waals surface area contributed by atoms with Gasteiger partial charge in [0.25, 0.3) is 0 Å². The number of benzene rings is 1. The lowest BCUT2D eigenvalue weighted by molar-refractivity contribution is -0.139. The van der Waals surface area contributed by atoms with Crippen molar-refractivity contribution in [2.75, 3.05) is 6.61 Å². The Morgan fingerprint density at radius 2 is 1.93 bits per heavy atom. The maximum absolute atomic E-state index is 12.4. The van der Waals surface area contributed by atoms with Crippen LogP contribution in [0.3, 0.4) is 0 Å². The summed E-state index contributed by atoms with van der Waals surface area (Å²) in [4.78, 5) is 24.5. The van der Waals surface area contributed by atoms with E-state index < -0.39 is 6.10 Å². The van der Waals surface area contributed by atoms with Crippen LogP contribution in [-0.4, -0.2) is 41.8 Å². The Morgan fingerprint density at radius 3 is 2.56 bits per heavy atom. The van der Waals surface area contributed by atoms with Crippen LogP contribution >= 0.6 is 0 Å². The van der Waals surface area contributed by atoms with Gasteiger partial charge in [0.1, 0.15) is 6.10 Å². The van der Waals surface area contributed by atoms with E-state index in [1.807, 2.05) is 37.3 Å². The van der Waals surface area contributed by atoms with Crippen molar-refractivity contribution in [1.82, 2.24) is 10.6 Å². The molecule has 6 heteroatoms. The van der Waals surface area contributed by atoms with Crippen molar-refractivity contribution in [3.8, 4) is 0 Å². The molecule has 2 amide bonds. The summed E-state index contributed by atoms with van der Waals surface area (Å²) >= 11 is 0. The Labute approximate surface area is 160 Å². The monoisotopic (exact) mass is 374 g/mol. The minimum atomic E-state index is -0.452. The normalized spacial score (nSPS) is 26.7. The summed E-state index contributed by atoms with van der Waals surface area (Å²) < 4.78 is 5.91. The highest BCUT2D eigenvalue weighted by molar-refractivity contribution is 5.79. The quantitative estimate of drug-likeness (QED) is 0.682. The summed E-state index contributed by atoms with van der Waals surface area (Å²) in [6.07, 6.45) is 4.00. The number of carbonyl (C=O) groups is 2. The lowest BCUT2D eigenvalue weighted by Crippen LogP contribution is -2.53. The molecular weight excluding hydrogens is 344 g/mol. The van der Waals surface area contributed by atoms with Crippen molar-refractivity contribution < 1.29 is 19.4 Å². The zero-order chi connectivity index (χ0) is 19.2. The molecule has 1 aliphatic heterocycles. The average Bonchev–Trinajstić information content (AvgIpc) is 2.62. The summed E-state index contributed by atoms with van der Waals surface area (Å²) in [6, 6.07) is 9.58. The number of amides is 2. The third-order valence-corrected chi connectivity index (χ3v) is 5.69. The van der Waals surface area contributed by atoms with Crippen LogP contribution in [0.1, 0.15) is 57.1 Å². The fraction of sp³-hybridized carbons (Fsp3) is 0.619. The highest BCUT2D eigenvalue weighted by Crippen LogP contribution is 2.28. The Hall–Kier alpha value is -1.92. The summed E-state index contributed by atoms with van der Waals surface area (Å²) in [5.74, 6) is 0.124. The first-order valence-electron chi connectivity index (χ1n) is 9.97. The summed E-state index contributed by atoms with van der Waals surface area (Å²) in [5.41, 5.74) is 1.06. The Balaban J connectivity index is 1.46. The van der Waals surface area contributed by atoms with Crippen LogP contribution in [0.25, 0.3) is 0 Å². The molecule has 0 aromatic heterocycles. The standard InChI is InChI=1S/C21H30N2O4/c1-14(15-6-3-2-4-7-15)22-20(25)12-17-10-11-18(19(13-24)27-17)23-21(26)16-8-5-9-16/h2-4,6-7,14,16-19,24H,5,8-13H2,1H3,(H,22,25)(H,23,26)/t14-,17-,18-,19-/m0/s1. The second-order valence-corrected chi connectivity index (χ2v) is 7.70. The summed E-state index contributed by atoms with van der Waals surface area (Å²) in [7, 11) is 0. The van der Waals surface area contributed by atoms with E-state index in [0.29, 0.717) is 6.42 Å². The minimum Gasteiger partial charge on any atom is -0.394 e. The molecule has 3 N–H and O–H groups in total. The van der Waals surface area contributed by atoms with E-state index in [9.17, 15) is 14.7 Å². The van der Waals surface area contributed by atoms with Crippen LogP contribution in [0.5, 0.6) is 0 Å². The number of carbonyl (C=O) groups excluding carboxylic acids is 2. The van der Waals surface area contributed by atoms with Gasteiger partial charge in [-0.1, -0.05) is 36.8 Å². The van der Waals surface area contributed by atoms with Gasteiger partial charge in [0.15, 0.2) is 0 Å². The number of nitrogens with one attached hydrogen (secondary N) is 2. The molecular formula is C21H30N2O4. The zero-order valence-electron chi connectivity index (χ0n) is 15.9. The first-order chi connectivity index (χ1) is 13.1. The first-order valence-corrected chi connectivity index (χ1v) is 9.97. The molecule has 1 aromatic rings. The molecule has 0 unspecified atom stereocenters. The average molecular weight is 374 g/mol. The van der Waals surface area contributed by atoms with Gasteiger partial charge in [-0.05, 0) is 38.2 Å². The molecule has 1 saturated carbocycles. The number of rotatable bonds is 7. The Bertz CT molecular complexity index is 632. The van der Waals surface area contributed by atoms with E-state index in [0.717, 1.165) is 31.2 Å². The van der Waals surface area contributed by atoms with Gasteiger partial charge in [0, 0.05) is 5.92 Å². The molecule has 148 valence electrons. The van der Waals surface area contributed by atoms with Crippen molar-refractivity contribution in [1.29, 1.82) is 0 Å². The van der Waals surface area contributed by atoms with E-state index in [2.05, 4.69) is 10.6 Å². The molecule has 1 saturated heterocycles. The van der Waals surface area contributed by atoms with Crippen LogP contribution in [0.4, 0.5) is 0 Å². The predicted octanol–water partition coefficient (Wildman–Crippen LogP) is 2.08. The zero-order valence-corrected chi connectivity index (χ0v) is 15.9. The van der Waals surface area contributed by atoms with Crippen LogP contribution in [-0.2, 0) is 14.3 Å². The topological polar surface area (TPSA) is 87.7 Å². The molecule has 1 aromatic carbocycles. The van der Waals surface area contributed by atoms with E-state index in [4.69, 9.17) is 4.74 Å². The minimum absolute atomic E-state index is 0.0644. The third-order valence-electron chi connectivity index (χ3n) is 5.69. The lowest BCUT2D eigenvalue weighted by Gasteiger charge is -2.37. The van der Waals surface area contributed by atoms with Crippen molar-refractivity contribution in [2.45, 2.75) is 69.7 Å². The molecule has 2 fully saturated rings. The fourth-order valence-electron chi connectivity index (χ4n) is 3.75. The van der Waals surface area contributed by atoms with Crippen molar-refractivity contribution in [2.24, 2.45) is 5.92 Å². The molecule has 0 bridgehead atoms. The second kappa shape index (κ2) is 9.33. The third kappa shape index (κ3) is 5.30. The Kier molecular flexibility index (Phi) is 6.85. The molecule has 1 aliphatic carbocycles. The first kappa shape index (κ1) is 19.8. The maximum atomic E-state index is 12.4. The number of aliphatic hydroxyl groups excluding tert-OH is 1. The number of aliphatic hydroxyl groups is 1. The van der Waals surface area contributed by atoms with Crippen molar-refractivity contribution in [3.63, 3.8) is 0 Å². The fourth-order valence-corrected chi connectivity index (χ4v) is 3.75. The van der Waals surface area contributed by atoms with Gasteiger partial charge in [-0.25, -0.2) is 0 Å². The van der Waals surface area contributed by atoms with E-state index in [1.165, 1.54) is 0 Å². The molecule has 3 rings (SSSR count). The maximum Gasteiger partial charge on any atom is 0.223 e. The van der Waals surface area contributed by atoms with Gasteiger partial charge < -0.3 is 20.5 Å². The number of ether oxygens (including phenoxy) is 1. The molecule has 2 aliphatic rings. The number of hydrogen-bond donors (Lipinski definition) is 3. The smallest absolute Gasteiger partial charge is 0.223 e. The van der Waals surface area contributed by atoms with Gasteiger partial charge in [-0.2, -0.15) is 0 Å². The van der Waals surface area contributed by atoms with Gasteiger partial charge in [-0.15, -0.1) is 0 Å². The molecule has 4 atom stereocenters. The van der Waals surface area contributed by atoms with Crippen LogP contribution in [0.15, 0.2) is 30.3 Å². The van der Waals surface area contributed by atoms with Gasteiger partial charge in [0.05, 0.1) is 31.2 Å². The van der Waals surface area contributed by atoms with Crippen molar-refractivity contribution in [3.05, 3.63) is 35.9 Å². The Morgan fingerprint density at radius 1 is 1.19 bits per heavy atom. The molecule has 0 radical (unpaired) electrons. The molecule has 1 heterocycles. The second-order valence-electron chi connectivity index (χ2n) is 7.70. The largest absolute Gasteiger partial charge is 0.394 e. The van der Waals surface area contributed by atoms with Crippen molar-refractivity contribution >= 4 is 11.8 Å². The highest BCUT2D eigenvalue weighted by Gasteiger charge is 2.35. The SMILES string of the molecule is C[C@H](NC(=O)C[C@@H]1CC[C@H](NC(=O)C2CCC2)[C@H](CO)O1)c1ccccc1. The molecule has 27 heavy (non-hydrogen) atoms. The van der Waals surface area contributed by atoms with E-state index in [1.54, 1.807) is 0 Å². The predicted molar refractivity (Wildman–Crippen MR) is 102 cm³/mol. The van der Waals surface area contributed by atoms with E-state index >= 15 is 0 Å². The summed E-state index contributed by atoms with van der Waals surface area (Å²) in [5, 5.41) is 15.7. The van der Waals surface area contributed by atoms with E-state index in [-0.39, 0.29) is 48.9 Å². The molecule has 0 spiro atoms. The summed E-state index contributed by atoms with van der Waals surface area (Å²) in [6.45, 7) is 1.80. The van der Waals surface area contributed by atoms with Gasteiger partial charge in [0.2, 0.25) is 11.8 Å². The highest BCUT2D eigenvalue weighted by atomic mass is 16.5. The van der Waals surface area contributed by atoms with Gasteiger partial charge >= 0.3 is 0 Å².